The summed E-state index contributed by atoms with van der Waals surface area (Å²) in [6, 6.07) is 14.0. The molecule has 3 aliphatic heterocycles. The first kappa shape index (κ1) is 25.2. The summed E-state index contributed by atoms with van der Waals surface area (Å²) >= 11 is 0. The number of hydrogen-bond donors (Lipinski definition) is 3. The zero-order valence-corrected chi connectivity index (χ0v) is 21.1. The van der Waals surface area contributed by atoms with E-state index in [2.05, 4.69) is 20.9 Å². The second kappa shape index (κ2) is 10.1. The van der Waals surface area contributed by atoms with Crippen LogP contribution in [0, 0.1) is 19.8 Å². The van der Waals surface area contributed by atoms with Crippen LogP contribution in [-0.4, -0.2) is 65.7 Å². The maximum Gasteiger partial charge on any atom is 0.338 e. The Kier molecular flexibility index (Phi) is 6.72. The van der Waals surface area contributed by atoms with Gasteiger partial charge >= 0.3 is 11.9 Å². The minimum Gasteiger partial charge on any atom is -0.459 e. The van der Waals surface area contributed by atoms with E-state index in [0.29, 0.717) is 17.0 Å². The van der Waals surface area contributed by atoms with Crippen LogP contribution in [0.4, 0.5) is 0 Å². The molecule has 1 saturated heterocycles. The van der Waals surface area contributed by atoms with Crippen molar-refractivity contribution in [2.75, 3.05) is 6.61 Å². The van der Waals surface area contributed by atoms with E-state index in [9.17, 15) is 14.4 Å². The summed E-state index contributed by atoms with van der Waals surface area (Å²) in [6.45, 7) is 5.50. The van der Waals surface area contributed by atoms with Crippen LogP contribution in [0.2, 0.25) is 0 Å². The van der Waals surface area contributed by atoms with E-state index >= 15 is 0 Å². The van der Waals surface area contributed by atoms with Crippen molar-refractivity contribution in [3.63, 3.8) is 0 Å². The number of amides is 1. The van der Waals surface area contributed by atoms with Crippen LogP contribution in [0.1, 0.15) is 38.8 Å². The lowest BCUT2D eigenvalue weighted by atomic mass is 9.97. The van der Waals surface area contributed by atoms with E-state index in [1.807, 2.05) is 45.0 Å². The summed E-state index contributed by atoms with van der Waals surface area (Å²) in [7, 11) is 0. The lowest BCUT2D eigenvalue weighted by molar-refractivity contribution is -0.125. The van der Waals surface area contributed by atoms with E-state index < -0.39 is 48.2 Å². The van der Waals surface area contributed by atoms with Crippen LogP contribution < -0.4 is 16.5 Å². The molecule has 0 bridgehead atoms. The molecule has 0 saturated carbocycles. The molecule has 0 radical (unpaired) electrons. The molecule has 4 N–H and O–H groups in total. The summed E-state index contributed by atoms with van der Waals surface area (Å²) in [6.07, 6.45) is -3.23. The molecule has 0 aromatic heterocycles. The van der Waals surface area contributed by atoms with Crippen molar-refractivity contribution in [2.45, 2.75) is 45.2 Å². The van der Waals surface area contributed by atoms with E-state index in [4.69, 9.17) is 19.9 Å². The van der Waals surface area contributed by atoms with Gasteiger partial charge in [-0.3, -0.25) is 15.5 Å². The predicted octanol–water partition coefficient (Wildman–Crippen LogP) is 0.994. The smallest absolute Gasteiger partial charge is 0.338 e. The highest BCUT2D eigenvalue weighted by molar-refractivity contribution is 6.04. The topological polar surface area (TPSA) is 157 Å². The first-order valence-corrected chi connectivity index (χ1v) is 12.2. The number of hydrazone groups is 2. The third-order valence-corrected chi connectivity index (χ3v) is 6.63. The monoisotopic (exact) mass is 520 g/mol. The quantitative estimate of drug-likeness (QED) is 0.473. The molecule has 1 amide bonds. The number of guanidine groups is 1. The molecule has 12 heteroatoms. The molecule has 12 nitrogen and oxygen atoms in total. The van der Waals surface area contributed by atoms with Gasteiger partial charge in [0.1, 0.15) is 24.9 Å². The minimum absolute atomic E-state index is 0.0840. The summed E-state index contributed by atoms with van der Waals surface area (Å²) in [4.78, 5) is 38.0. The van der Waals surface area contributed by atoms with Gasteiger partial charge in [0, 0.05) is 5.92 Å². The Morgan fingerprint density at radius 3 is 2.26 bits per heavy atom. The molecule has 198 valence electrons. The average Bonchev–Trinajstić information content (AvgIpc) is 3.44. The molecule has 38 heavy (non-hydrogen) atoms. The molecule has 0 spiro atoms. The number of nitrogens with two attached hydrogens (primary N) is 1. The van der Waals surface area contributed by atoms with Gasteiger partial charge in [0.15, 0.2) is 5.84 Å². The predicted molar refractivity (Wildman–Crippen MR) is 136 cm³/mol. The number of nitrogens with one attached hydrogen (secondary N) is 2. The third-order valence-electron chi connectivity index (χ3n) is 6.63. The summed E-state index contributed by atoms with van der Waals surface area (Å²) in [5, 5.41) is 12.2. The van der Waals surface area contributed by atoms with Gasteiger partial charge in [-0.1, -0.05) is 42.3 Å². The van der Waals surface area contributed by atoms with Gasteiger partial charge in [-0.15, -0.1) is 5.10 Å². The molecular formula is C26H28N6O6. The number of rotatable bonds is 6. The van der Waals surface area contributed by atoms with Crippen LogP contribution in [0.15, 0.2) is 58.7 Å². The first-order chi connectivity index (χ1) is 18.2. The van der Waals surface area contributed by atoms with Gasteiger partial charge in [-0.05, 0) is 38.1 Å². The SMILES string of the molecule is Cc1ccc(C(=O)OC[C@H]2OC(C3=NNC4C(=O)NC(N)=NN34)[C@@H](C)[C@@H]2OC(=O)c2ccc(C)cc2)cc1. The second-order valence-corrected chi connectivity index (χ2v) is 9.48. The maximum absolute atomic E-state index is 13.0. The van der Waals surface area contributed by atoms with Crippen molar-refractivity contribution >= 4 is 29.6 Å². The lowest BCUT2D eigenvalue weighted by Crippen LogP contribution is -2.58. The third kappa shape index (κ3) is 4.90. The Morgan fingerprint density at radius 2 is 1.63 bits per heavy atom. The molecular weight excluding hydrogens is 492 g/mol. The minimum atomic E-state index is -0.889. The number of ether oxygens (including phenoxy) is 3. The van der Waals surface area contributed by atoms with E-state index in [0.717, 1.165) is 11.1 Å². The van der Waals surface area contributed by atoms with Gasteiger partial charge < -0.3 is 19.9 Å². The van der Waals surface area contributed by atoms with Crippen molar-refractivity contribution in [1.82, 2.24) is 15.8 Å². The number of hydrogen-bond acceptors (Lipinski definition) is 11. The fraction of sp³-hybridized carbons (Fsp3) is 0.346. The highest BCUT2D eigenvalue weighted by Gasteiger charge is 2.52. The van der Waals surface area contributed by atoms with Gasteiger partial charge in [0.05, 0.1) is 11.1 Å². The van der Waals surface area contributed by atoms with Crippen molar-refractivity contribution < 1.29 is 28.6 Å². The van der Waals surface area contributed by atoms with E-state index in [1.54, 1.807) is 24.3 Å². The molecule has 2 aromatic rings. The fourth-order valence-corrected chi connectivity index (χ4v) is 4.50. The van der Waals surface area contributed by atoms with Crippen LogP contribution in [0.25, 0.3) is 0 Å². The molecule has 0 aliphatic carbocycles. The zero-order valence-electron chi connectivity index (χ0n) is 21.1. The number of amidine groups is 1. The largest absolute Gasteiger partial charge is 0.459 e. The van der Waals surface area contributed by atoms with E-state index in [1.165, 1.54) is 5.01 Å². The van der Waals surface area contributed by atoms with Crippen LogP contribution in [-0.2, 0) is 19.0 Å². The summed E-state index contributed by atoms with van der Waals surface area (Å²) < 4.78 is 17.7. The van der Waals surface area contributed by atoms with Crippen molar-refractivity contribution in [3.05, 3.63) is 70.8 Å². The molecule has 1 fully saturated rings. The standard InChI is InChI=1S/C26H28N6O6/c1-13-4-8-16(9-5-13)24(34)36-12-18-19(38-25(35)17-10-6-14(2)7-11-17)15(3)20(37-18)21-29-30-22-23(33)28-26(27)31-32(21)22/h4-11,15,18-20,22,30H,12H2,1-3H3,(H3,27,28,31,33)/t15-,18+,19-,20?,22?/m0/s1. The Balaban J connectivity index is 1.36. The Labute approximate surface area is 218 Å². The van der Waals surface area contributed by atoms with Gasteiger partial charge in [-0.2, -0.15) is 5.10 Å². The zero-order chi connectivity index (χ0) is 27.0. The number of esters is 2. The van der Waals surface area contributed by atoms with Crippen molar-refractivity contribution in [3.8, 4) is 0 Å². The highest BCUT2D eigenvalue weighted by atomic mass is 16.6. The highest BCUT2D eigenvalue weighted by Crippen LogP contribution is 2.34. The number of benzene rings is 2. The molecule has 2 aromatic carbocycles. The van der Waals surface area contributed by atoms with Crippen LogP contribution in [0.5, 0.6) is 0 Å². The number of carbonyl (C=O) groups excluding carboxylic acids is 3. The Hall–Kier alpha value is -4.45. The number of carbonyl (C=O) groups is 3. The number of nitrogens with zero attached hydrogens (tertiary/aromatic N) is 3. The lowest BCUT2D eigenvalue weighted by Gasteiger charge is -2.28. The van der Waals surface area contributed by atoms with Crippen LogP contribution >= 0.6 is 0 Å². The fourth-order valence-electron chi connectivity index (χ4n) is 4.50. The van der Waals surface area contributed by atoms with Crippen molar-refractivity contribution in [2.24, 2.45) is 21.9 Å². The molecule has 2 unspecified atom stereocenters. The van der Waals surface area contributed by atoms with E-state index in [-0.39, 0.29) is 12.6 Å². The van der Waals surface area contributed by atoms with Gasteiger partial charge in [0.25, 0.3) is 5.91 Å². The molecule has 5 atom stereocenters. The van der Waals surface area contributed by atoms with Gasteiger partial charge in [-0.25, -0.2) is 14.6 Å². The average molecular weight is 521 g/mol. The molecule has 5 rings (SSSR count). The van der Waals surface area contributed by atoms with Crippen LogP contribution in [0.3, 0.4) is 0 Å². The first-order valence-electron chi connectivity index (χ1n) is 12.2. The van der Waals surface area contributed by atoms with Crippen molar-refractivity contribution in [1.29, 1.82) is 0 Å². The number of fused-ring (bicyclic) bond motifs is 1. The second-order valence-electron chi connectivity index (χ2n) is 9.48. The maximum atomic E-state index is 13.0. The Morgan fingerprint density at radius 1 is 1.03 bits per heavy atom. The summed E-state index contributed by atoms with van der Waals surface area (Å²) in [5.41, 5.74) is 11.3. The van der Waals surface area contributed by atoms with Gasteiger partial charge in [0.2, 0.25) is 12.1 Å². The molecule has 3 aliphatic rings. The summed E-state index contributed by atoms with van der Waals surface area (Å²) in [5.74, 6) is -1.72. The Bertz CT molecular complexity index is 1310. The molecule has 3 heterocycles. The number of aryl methyl sites for hydroxylation is 2. The normalized spacial score (nSPS) is 26.0.